The Balaban J connectivity index is 1.35. The highest BCUT2D eigenvalue weighted by Crippen LogP contribution is 2.35. The van der Waals surface area contributed by atoms with Crippen molar-refractivity contribution in [2.45, 2.75) is 37.8 Å². The molecule has 0 radical (unpaired) electrons. The maximum absolute atomic E-state index is 6.00. The van der Waals surface area contributed by atoms with E-state index < -0.39 is 0 Å². The van der Waals surface area contributed by atoms with Gasteiger partial charge in [0.15, 0.2) is 5.82 Å². The fourth-order valence-corrected chi connectivity index (χ4v) is 3.72. The SMILES string of the molecule is CN(Cc1noc(C2CCC2)n1)CC1CNNC1c1ccc(Cl)cc1. The van der Waals surface area contributed by atoms with Gasteiger partial charge in [0.1, 0.15) is 0 Å². The number of rotatable bonds is 6. The average molecular weight is 362 g/mol. The van der Waals surface area contributed by atoms with Gasteiger partial charge in [0, 0.05) is 29.9 Å². The van der Waals surface area contributed by atoms with Gasteiger partial charge in [-0.3, -0.25) is 10.3 Å². The minimum Gasteiger partial charge on any atom is -0.339 e. The molecule has 1 aliphatic carbocycles. The standard InChI is InChI=1S/C18H24ClN5O/c1-24(11-16-21-18(25-23-16)13-3-2-4-13)10-14-9-20-22-17(14)12-5-7-15(19)8-6-12/h5-8,13-14,17,20,22H,2-4,9-11H2,1H3. The maximum Gasteiger partial charge on any atom is 0.229 e. The van der Waals surface area contributed by atoms with Crippen LogP contribution in [0.25, 0.3) is 0 Å². The first-order valence-electron chi connectivity index (χ1n) is 8.94. The molecule has 1 aromatic heterocycles. The third-order valence-electron chi connectivity index (χ3n) is 5.22. The van der Waals surface area contributed by atoms with Crippen molar-refractivity contribution in [1.82, 2.24) is 25.9 Å². The summed E-state index contributed by atoms with van der Waals surface area (Å²) in [4.78, 5) is 6.83. The number of hydrogen-bond acceptors (Lipinski definition) is 6. The zero-order chi connectivity index (χ0) is 17.2. The molecular formula is C18H24ClN5O. The monoisotopic (exact) mass is 361 g/mol. The Morgan fingerprint density at radius 2 is 2.08 bits per heavy atom. The van der Waals surface area contributed by atoms with Gasteiger partial charge in [-0.15, -0.1) is 0 Å². The van der Waals surface area contributed by atoms with Crippen molar-refractivity contribution in [3.8, 4) is 0 Å². The van der Waals surface area contributed by atoms with Crippen LogP contribution in [0.15, 0.2) is 28.8 Å². The molecule has 134 valence electrons. The van der Waals surface area contributed by atoms with Crippen molar-refractivity contribution >= 4 is 11.6 Å². The van der Waals surface area contributed by atoms with E-state index in [2.05, 4.69) is 45.1 Å². The van der Waals surface area contributed by atoms with E-state index in [0.29, 0.717) is 18.4 Å². The molecule has 6 nitrogen and oxygen atoms in total. The fourth-order valence-electron chi connectivity index (χ4n) is 3.59. The summed E-state index contributed by atoms with van der Waals surface area (Å²) in [5, 5.41) is 4.91. The summed E-state index contributed by atoms with van der Waals surface area (Å²) in [6, 6.07) is 8.34. The van der Waals surface area contributed by atoms with Crippen LogP contribution < -0.4 is 10.9 Å². The maximum atomic E-state index is 6.00. The van der Waals surface area contributed by atoms with Crippen molar-refractivity contribution in [3.63, 3.8) is 0 Å². The van der Waals surface area contributed by atoms with Gasteiger partial charge in [0.25, 0.3) is 0 Å². The molecule has 1 aromatic carbocycles. The predicted octanol–water partition coefficient (Wildman–Crippen LogP) is 2.89. The second-order valence-electron chi connectivity index (χ2n) is 7.19. The van der Waals surface area contributed by atoms with E-state index in [1.807, 2.05) is 12.1 Å². The van der Waals surface area contributed by atoms with Crippen LogP contribution in [0.3, 0.4) is 0 Å². The molecule has 0 bridgehead atoms. The lowest BCUT2D eigenvalue weighted by molar-refractivity contribution is 0.251. The van der Waals surface area contributed by atoms with E-state index >= 15 is 0 Å². The Morgan fingerprint density at radius 3 is 2.80 bits per heavy atom. The number of halogens is 1. The smallest absolute Gasteiger partial charge is 0.229 e. The summed E-state index contributed by atoms with van der Waals surface area (Å²) in [6.45, 7) is 2.58. The molecule has 2 atom stereocenters. The number of benzene rings is 1. The quantitative estimate of drug-likeness (QED) is 0.824. The van der Waals surface area contributed by atoms with Crippen LogP contribution in [-0.4, -0.2) is 35.2 Å². The first-order chi connectivity index (χ1) is 12.2. The van der Waals surface area contributed by atoms with Gasteiger partial charge in [0.2, 0.25) is 5.89 Å². The molecule has 2 unspecified atom stereocenters. The molecule has 7 heteroatoms. The van der Waals surface area contributed by atoms with Gasteiger partial charge in [-0.2, -0.15) is 4.98 Å². The highest BCUT2D eigenvalue weighted by molar-refractivity contribution is 6.30. The lowest BCUT2D eigenvalue weighted by atomic mass is 9.85. The second-order valence-corrected chi connectivity index (χ2v) is 7.62. The van der Waals surface area contributed by atoms with Gasteiger partial charge in [-0.1, -0.05) is 35.3 Å². The van der Waals surface area contributed by atoms with Crippen molar-refractivity contribution in [3.05, 3.63) is 46.6 Å². The van der Waals surface area contributed by atoms with E-state index in [0.717, 1.165) is 29.8 Å². The van der Waals surface area contributed by atoms with Gasteiger partial charge in [-0.25, -0.2) is 5.43 Å². The largest absolute Gasteiger partial charge is 0.339 e. The topological polar surface area (TPSA) is 66.2 Å². The molecule has 4 rings (SSSR count). The predicted molar refractivity (Wildman–Crippen MR) is 96.0 cm³/mol. The molecule has 1 aliphatic heterocycles. The summed E-state index contributed by atoms with van der Waals surface area (Å²) in [7, 11) is 2.11. The third-order valence-corrected chi connectivity index (χ3v) is 5.47. The van der Waals surface area contributed by atoms with E-state index in [1.165, 1.54) is 24.8 Å². The second kappa shape index (κ2) is 7.41. The fraction of sp³-hybridized carbons (Fsp3) is 0.556. The zero-order valence-corrected chi connectivity index (χ0v) is 15.2. The summed E-state index contributed by atoms with van der Waals surface area (Å²) in [5.74, 6) is 2.55. The molecule has 25 heavy (non-hydrogen) atoms. The average Bonchev–Trinajstić information content (AvgIpc) is 3.16. The van der Waals surface area contributed by atoms with Crippen molar-refractivity contribution < 1.29 is 4.52 Å². The van der Waals surface area contributed by atoms with Crippen LogP contribution in [0.4, 0.5) is 0 Å². The molecule has 0 amide bonds. The normalized spacial score (nSPS) is 24.0. The van der Waals surface area contributed by atoms with E-state index in [1.54, 1.807) is 0 Å². The van der Waals surface area contributed by atoms with Crippen LogP contribution >= 0.6 is 11.6 Å². The Morgan fingerprint density at radius 1 is 1.28 bits per heavy atom. The van der Waals surface area contributed by atoms with E-state index in [4.69, 9.17) is 16.1 Å². The molecular weight excluding hydrogens is 338 g/mol. The Bertz CT molecular complexity index is 700. The van der Waals surface area contributed by atoms with Gasteiger partial charge < -0.3 is 4.52 Å². The molecule has 2 heterocycles. The molecule has 2 fully saturated rings. The van der Waals surface area contributed by atoms with Gasteiger partial charge in [0.05, 0.1) is 12.6 Å². The molecule has 2 N–H and O–H groups in total. The minimum absolute atomic E-state index is 0.274. The van der Waals surface area contributed by atoms with Crippen molar-refractivity contribution in [1.29, 1.82) is 0 Å². The Kier molecular flexibility index (Phi) is 5.03. The molecule has 2 aliphatic rings. The van der Waals surface area contributed by atoms with Crippen LogP contribution in [-0.2, 0) is 6.54 Å². The molecule has 1 saturated heterocycles. The number of hydrazine groups is 1. The first kappa shape index (κ1) is 17.0. The van der Waals surface area contributed by atoms with E-state index in [9.17, 15) is 0 Å². The van der Waals surface area contributed by atoms with E-state index in [-0.39, 0.29) is 6.04 Å². The Hall–Kier alpha value is -1.47. The number of nitrogens with zero attached hydrogens (tertiary/aromatic N) is 3. The summed E-state index contributed by atoms with van der Waals surface area (Å²) >= 11 is 6.00. The lowest BCUT2D eigenvalue weighted by Gasteiger charge is -2.24. The van der Waals surface area contributed by atoms with Crippen LogP contribution in [0.5, 0.6) is 0 Å². The lowest BCUT2D eigenvalue weighted by Crippen LogP contribution is -2.30. The molecule has 2 aromatic rings. The van der Waals surface area contributed by atoms with Crippen molar-refractivity contribution in [2.24, 2.45) is 5.92 Å². The zero-order valence-electron chi connectivity index (χ0n) is 14.4. The number of hydrogen-bond donors (Lipinski definition) is 2. The van der Waals surface area contributed by atoms with Crippen LogP contribution in [0.2, 0.25) is 5.02 Å². The number of nitrogens with one attached hydrogen (secondary N) is 2. The van der Waals surface area contributed by atoms with Gasteiger partial charge >= 0.3 is 0 Å². The Labute approximate surface area is 152 Å². The van der Waals surface area contributed by atoms with Crippen LogP contribution in [0.1, 0.15) is 48.5 Å². The summed E-state index contributed by atoms with van der Waals surface area (Å²) in [6.07, 6.45) is 3.63. The molecule has 0 spiro atoms. The third kappa shape index (κ3) is 3.87. The number of aromatic nitrogens is 2. The van der Waals surface area contributed by atoms with Crippen LogP contribution in [0, 0.1) is 5.92 Å². The highest BCUT2D eigenvalue weighted by Gasteiger charge is 2.30. The summed E-state index contributed by atoms with van der Waals surface area (Å²) < 4.78 is 5.42. The molecule has 1 saturated carbocycles. The highest BCUT2D eigenvalue weighted by atomic mass is 35.5. The first-order valence-corrected chi connectivity index (χ1v) is 9.31. The summed E-state index contributed by atoms with van der Waals surface area (Å²) in [5.41, 5.74) is 7.91. The van der Waals surface area contributed by atoms with Gasteiger partial charge in [-0.05, 0) is 37.6 Å². The minimum atomic E-state index is 0.274. The van der Waals surface area contributed by atoms with Crippen molar-refractivity contribution in [2.75, 3.05) is 20.1 Å².